The molecule has 79 heavy (non-hydrogen) atoms. The molecule has 0 atom stereocenters. The van der Waals surface area contributed by atoms with E-state index in [0.29, 0.717) is 37.7 Å². The zero-order valence-electron chi connectivity index (χ0n) is 42.7. The molecule has 7 heterocycles. The largest absolute Gasteiger partial charge is 0.465 e. The number of ether oxygens (including phenoxy) is 12. The highest BCUT2D eigenvalue weighted by Crippen LogP contribution is 2.49. The minimum atomic E-state index is -1.93. The Kier molecular flexibility index (Phi) is 21.5. The lowest BCUT2D eigenvalue weighted by Crippen LogP contribution is -2.41. The number of rotatable bonds is 19. The maximum absolute atomic E-state index is 13.8. The number of carbonyl (C=O) groups is 7. The van der Waals surface area contributed by atoms with Crippen LogP contribution in [-0.2, 0) is 78.0 Å². The van der Waals surface area contributed by atoms with Crippen molar-refractivity contribution in [2.75, 3.05) is 114 Å². The third kappa shape index (κ3) is 13.3. The minimum Gasteiger partial charge on any atom is -0.465 e. The molecule has 4 aliphatic rings. The van der Waals surface area contributed by atoms with Gasteiger partial charge in [-0.25, -0.2) is 24.2 Å². The molecule has 29 heteroatoms. The number of pyridine rings is 3. The van der Waals surface area contributed by atoms with Crippen LogP contribution in [0.1, 0.15) is 84.3 Å². The Morgan fingerprint density at radius 2 is 1.09 bits per heavy atom. The number of ketones is 3. The fraction of sp³-hybridized carbons (Fsp3) is 0.380. The van der Waals surface area contributed by atoms with Crippen molar-refractivity contribution in [1.29, 1.82) is 0 Å². The number of hydrogen-bond acceptors (Lipinski definition) is 25. The number of hydrogen-bond donors (Lipinski definition) is 2. The summed E-state index contributed by atoms with van der Waals surface area (Å²) in [4.78, 5) is 126. The molecular weight excluding hydrogens is 1050 g/mol. The average molecular weight is 1100 g/mol. The van der Waals surface area contributed by atoms with E-state index in [1.165, 1.54) is 51.8 Å². The number of fused-ring (bicyclic) bond motifs is 8. The first-order valence-electron chi connectivity index (χ1n) is 23.5. The van der Waals surface area contributed by atoms with Gasteiger partial charge < -0.3 is 66.8 Å². The second-order valence-electron chi connectivity index (χ2n) is 15.9. The lowest BCUT2D eigenvalue weighted by atomic mass is 9.84. The Labute approximate surface area is 447 Å². The number of carbonyl (C=O) groups excluding carboxylic acids is 9. The quantitative estimate of drug-likeness (QED) is 0.0228. The zero-order valence-corrected chi connectivity index (χ0v) is 42.7. The van der Waals surface area contributed by atoms with Crippen LogP contribution in [0.15, 0.2) is 66.2 Å². The molecular formula is C50H50N8O21. The average Bonchev–Trinajstić information content (AvgIpc) is 4.44. The van der Waals surface area contributed by atoms with Crippen LogP contribution in [-0.4, -0.2) is 187 Å². The lowest BCUT2D eigenvalue weighted by Gasteiger charge is -2.31. The highest BCUT2D eigenvalue weighted by molar-refractivity contribution is 6.16. The van der Waals surface area contributed by atoms with E-state index in [2.05, 4.69) is 34.9 Å². The first-order chi connectivity index (χ1) is 38.3. The summed E-state index contributed by atoms with van der Waals surface area (Å²) in [6.45, 7) is 2.31. The normalized spacial score (nSPS) is 14.4. The molecule has 0 aromatic carbocycles. The van der Waals surface area contributed by atoms with Crippen LogP contribution in [0.3, 0.4) is 0 Å². The molecule has 5 aromatic heterocycles. The van der Waals surface area contributed by atoms with Crippen LogP contribution >= 0.6 is 0 Å². The molecule has 9 rings (SSSR count). The van der Waals surface area contributed by atoms with Crippen molar-refractivity contribution >= 4 is 47.4 Å². The van der Waals surface area contributed by atoms with Crippen molar-refractivity contribution in [2.45, 2.75) is 11.6 Å². The van der Waals surface area contributed by atoms with Gasteiger partial charge in [0.15, 0.2) is 0 Å². The van der Waals surface area contributed by atoms with E-state index in [1.54, 1.807) is 12.4 Å². The van der Waals surface area contributed by atoms with E-state index < -0.39 is 59.4 Å². The Balaban J connectivity index is 0.000000240. The number of nitrogens with one attached hydrogen (secondary N) is 2. The van der Waals surface area contributed by atoms with E-state index in [1.807, 2.05) is 18.2 Å². The van der Waals surface area contributed by atoms with Gasteiger partial charge in [-0.15, -0.1) is 0 Å². The summed E-state index contributed by atoms with van der Waals surface area (Å²) in [6, 6.07) is 11.2. The number of nitrogens with zero attached hydrogens (tertiary/aromatic N) is 6. The van der Waals surface area contributed by atoms with Gasteiger partial charge in [0.05, 0.1) is 124 Å². The number of azide groups is 1. The number of aromatic amines is 2. The van der Waals surface area contributed by atoms with Gasteiger partial charge in [-0.3, -0.25) is 24.4 Å². The number of methoxy groups -OCH3 is 4. The maximum Gasteiger partial charge on any atom is 0.373 e. The van der Waals surface area contributed by atoms with E-state index >= 15 is 0 Å². The summed E-state index contributed by atoms with van der Waals surface area (Å²) < 4.78 is 63.4. The van der Waals surface area contributed by atoms with Gasteiger partial charge in [0.2, 0.25) is 17.3 Å². The van der Waals surface area contributed by atoms with Crippen LogP contribution in [0.4, 0.5) is 0 Å². The molecule has 2 N–H and O–H groups in total. The van der Waals surface area contributed by atoms with Gasteiger partial charge in [0.25, 0.3) is 11.6 Å². The summed E-state index contributed by atoms with van der Waals surface area (Å²) in [5.74, 6) is -8.36. The predicted octanol–water partition coefficient (Wildman–Crippen LogP) is 3.15. The zero-order chi connectivity index (χ0) is 57.0. The summed E-state index contributed by atoms with van der Waals surface area (Å²) in [5.41, 5.74) is 9.01. The van der Waals surface area contributed by atoms with Crippen LogP contribution in [0, 0.1) is 0 Å². The molecule has 2 aliphatic carbocycles. The van der Waals surface area contributed by atoms with Crippen LogP contribution in [0.5, 0.6) is 0 Å². The van der Waals surface area contributed by atoms with Gasteiger partial charge in [-0.1, -0.05) is 11.2 Å². The SMILES string of the molecule is COC(=O)c1cc2c([nH]1)-c1c(C(=O)OC)cc(C(=O)COCCOCCOCCOCCN=[N+]=[N-])nc1C(=O)C21OCCO1.COC(=O)c1cc2c([nH]1)-c1c(C(=O)OC)ccnc1C(=O)C21OCCO1.O=C=O.c1ccncc1. The fourth-order valence-corrected chi connectivity index (χ4v) is 8.12. The van der Waals surface area contributed by atoms with Crippen molar-refractivity contribution in [1.82, 2.24) is 24.9 Å². The van der Waals surface area contributed by atoms with Gasteiger partial charge in [-0.05, 0) is 41.9 Å². The summed E-state index contributed by atoms with van der Waals surface area (Å²) in [7, 11) is 4.82. The van der Waals surface area contributed by atoms with Crippen LogP contribution in [0.2, 0.25) is 0 Å². The molecule has 0 unspecified atom stereocenters. The molecule has 0 bridgehead atoms. The number of esters is 4. The van der Waals surface area contributed by atoms with Crippen molar-refractivity contribution < 1.29 is 100.0 Å². The van der Waals surface area contributed by atoms with Crippen molar-refractivity contribution in [3.63, 3.8) is 0 Å². The van der Waals surface area contributed by atoms with Crippen molar-refractivity contribution in [2.24, 2.45) is 5.11 Å². The first-order valence-corrected chi connectivity index (χ1v) is 23.5. The fourth-order valence-electron chi connectivity index (χ4n) is 8.12. The third-order valence-corrected chi connectivity index (χ3v) is 11.5. The Morgan fingerprint density at radius 3 is 1.54 bits per heavy atom. The van der Waals surface area contributed by atoms with E-state index in [9.17, 15) is 33.6 Å². The number of H-pyrrole nitrogens is 2. The molecule has 2 saturated heterocycles. The predicted molar refractivity (Wildman–Crippen MR) is 260 cm³/mol. The monoisotopic (exact) mass is 1100 g/mol. The number of Topliss-reactive ketones (excluding diaryl/α,β-unsaturated/α-hetero) is 3. The molecule has 0 saturated carbocycles. The second-order valence-corrected chi connectivity index (χ2v) is 15.9. The molecule has 0 radical (unpaired) electrons. The molecule has 5 aromatic rings. The standard InChI is InChI=1S/C27H31N5O12.C17H14N2O7.C5H5N.CO2/c1-37-25(35)16-13-18(20(33)15-42-10-9-41-8-7-40-6-5-39-4-3-29-32-28)30-23-21(16)22-17(14-19(31-22)26(36)38-2)27(24(23)34)43-11-12-44-27;1-23-15(21)8-3-4-18-13-11(8)12-9(7-10(19-12)16(22)24-2)17(14(13)20)25-5-6-26-17;1-2-4-6-5-3-1;2-1-3/h13-14,31H,3-12,15H2,1-2H3;3-4,7,19H,5-6H2,1-2H3;1-5H;. The Morgan fingerprint density at radius 1 is 0.633 bits per heavy atom. The minimum absolute atomic E-state index is 0.000524. The lowest BCUT2D eigenvalue weighted by molar-refractivity contribution is -0.191. The summed E-state index contributed by atoms with van der Waals surface area (Å²) >= 11 is 0. The summed E-state index contributed by atoms with van der Waals surface area (Å²) in [5, 5.41) is 3.35. The van der Waals surface area contributed by atoms with Gasteiger partial charge in [0.1, 0.15) is 35.1 Å². The smallest absolute Gasteiger partial charge is 0.373 e. The highest BCUT2D eigenvalue weighted by atomic mass is 16.7. The highest BCUT2D eigenvalue weighted by Gasteiger charge is 2.56. The maximum atomic E-state index is 13.8. The van der Waals surface area contributed by atoms with Crippen molar-refractivity contribution in [3.05, 3.63) is 122 Å². The topological polar surface area (TPSA) is 383 Å². The molecule has 2 fully saturated rings. The number of aromatic nitrogens is 5. The molecule has 2 spiro atoms. The Bertz CT molecular complexity index is 3070. The van der Waals surface area contributed by atoms with Crippen molar-refractivity contribution in [3.8, 4) is 22.5 Å². The van der Waals surface area contributed by atoms with E-state index in [-0.39, 0.29) is 121 Å². The molecule has 416 valence electrons. The van der Waals surface area contributed by atoms with Crippen LogP contribution < -0.4 is 0 Å². The molecule has 0 amide bonds. The molecule has 2 aliphatic heterocycles. The van der Waals surface area contributed by atoms with Crippen LogP contribution in [0.25, 0.3) is 33.0 Å². The second kappa shape index (κ2) is 28.6. The van der Waals surface area contributed by atoms with E-state index in [4.69, 9.17) is 72.0 Å². The van der Waals surface area contributed by atoms with Gasteiger partial charge in [0, 0.05) is 52.3 Å². The molecule has 29 nitrogen and oxygen atoms in total. The first kappa shape index (κ1) is 59.5. The third-order valence-electron chi connectivity index (χ3n) is 11.5. The van der Waals surface area contributed by atoms with Gasteiger partial charge >= 0.3 is 30.0 Å². The van der Waals surface area contributed by atoms with Gasteiger partial charge in [-0.2, -0.15) is 9.59 Å². The van der Waals surface area contributed by atoms with E-state index in [0.717, 1.165) is 7.11 Å². The summed E-state index contributed by atoms with van der Waals surface area (Å²) in [6.07, 6.45) is 5.08. The Hall–Kier alpha value is -8.73.